The first-order valence-electron chi connectivity index (χ1n) is 5.02. The van der Waals surface area contributed by atoms with E-state index in [1.165, 1.54) is 0 Å². The van der Waals surface area contributed by atoms with E-state index in [-0.39, 0.29) is 6.67 Å². The molecule has 2 aromatic rings. The van der Waals surface area contributed by atoms with Crippen molar-refractivity contribution in [2.24, 2.45) is 0 Å². The molecule has 0 N–H and O–H groups in total. The fraction of sp³-hybridized carbons (Fsp3) is 0.0714. The molecule has 2 rings (SSSR count). The van der Waals surface area contributed by atoms with Gasteiger partial charge in [-0.3, -0.25) is 0 Å². The van der Waals surface area contributed by atoms with E-state index in [1.54, 1.807) is 60.7 Å². The molecule has 0 atom stereocenters. The van der Waals surface area contributed by atoms with Crippen LogP contribution in [0.5, 0.6) is 0 Å². The molecule has 0 fully saturated rings. The molecule has 2 heteroatoms. The fourth-order valence-electron chi connectivity index (χ4n) is 1.65. The molecule has 0 aliphatic heterocycles. The third-order valence-corrected chi connectivity index (χ3v) is 2.54. The average Bonchev–Trinajstić information content (AvgIpc) is 2.40. The number of halogens is 2. The zero-order valence-corrected chi connectivity index (χ0v) is 8.61. The van der Waals surface area contributed by atoms with Crippen molar-refractivity contribution in [1.29, 1.82) is 0 Å². The van der Waals surface area contributed by atoms with E-state index in [0.29, 0.717) is 11.1 Å². The van der Waals surface area contributed by atoms with Gasteiger partial charge in [-0.15, -0.1) is 0 Å². The maximum Gasteiger partial charge on any atom is 0.195 e. The second kappa shape index (κ2) is 4.44. The van der Waals surface area contributed by atoms with Crippen LogP contribution in [0.1, 0.15) is 11.1 Å². The summed E-state index contributed by atoms with van der Waals surface area (Å²) in [5.74, 6) is 0. The highest BCUT2D eigenvalue weighted by Gasteiger charge is 2.34. The zero-order chi connectivity index (χ0) is 11.4. The monoisotopic (exact) mass is 217 g/mol. The Labute approximate surface area is 93.5 Å². The van der Waals surface area contributed by atoms with Crippen molar-refractivity contribution in [1.82, 2.24) is 0 Å². The Morgan fingerprint density at radius 2 is 1.12 bits per heavy atom. The van der Waals surface area contributed by atoms with Gasteiger partial charge in [0.1, 0.15) is 0 Å². The first-order valence-corrected chi connectivity index (χ1v) is 5.02. The van der Waals surface area contributed by atoms with Gasteiger partial charge in [-0.2, -0.15) is 0 Å². The van der Waals surface area contributed by atoms with E-state index >= 15 is 0 Å². The molecule has 0 heterocycles. The largest absolute Gasteiger partial charge is 0.240 e. The van der Waals surface area contributed by atoms with Crippen LogP contribution >= 0.6 is 0 Å². The van der Waals surface area contributed by atoms with Crippen LogP contribution < -0.4 is 0 Å². The molecule has 0 bridgehead atoms. The number of rotatable bonds is 3. The maximum atomic E-state index is 14.6. The van der Waals surface area contributed by atoms with Crippen LogP contribution in [0.15, 0.2) is 60.7 Å². The molecule has 2 aromatic carbocycles. The summed E-state index contributed by atoms with van der Waals surface area (Å²) in [5.41, 5.74) is -1.57. The quantitative estimate of drug-likeness (QED) is 0.728. The zero-order valence-electron chi connectivity index (χ0n) is 8.61. The standard InChI is InChI=1S/C14H11F2/c15-11-14(16,12-7-3-1-4-8-12)13-9-5-2-6-10-13/h1-11H. The number of alkyl halides is 1. The lowest BCUT2D eigenvalue weighted by Crippen LogP contribution is -2.20. The van der Waals surface area contributed by atoms with E-state index < -0.39 is 5.67 Å². The van der Waals surface area contributed by atoms with Crippen LogP contribution in [-0.4, -0.2) is 0 Å². The summed E-state index contributed by atoms with van der Waals surface area (Å²) in [6, 6.07) is 16.6. The Morgan fingerprint density at radius 1 is 0.750 bits per heavy atom. The third-order valence-electron chi connectivity index (χ3n) is 2.54. The smallest absolute Gasteiger partial charge is 0.195 e. The minimum absolute atomic E-state index is 0.0949. The maximum absolute atomic E-state index is 14.6. The average molecular weight is 217 g/mol. The highest BCUT2D eigenvalue weighted by atomic mass is 19.2. The Hall–Kier alpha value is -1.70. The predicted octanol–water partition coefficient (Wildman–Crippen LogP) is 4.03. The van der Waals surface area contributed by atoms with Crippen LogP contribution in [-0.2, 0) is 5.67 Å². The summed E-state index contributed by atoms with van der Waals surface area (Å²) in [4.78, 5) is 0. The Bertz CT molecular complexity index is 397. The summed E-state index contributed by atoms with van der Waals surface area (Å²) >= 11 is 0. The van der Waals surface area contributed by atoms with Gasteiger partial charge in [0.25, 0.3) is 0 Å². The van der Waals surface area contributed by atoms with Crippen molar-refractivity contribution in [2.45, 2.75) is 5.67 Å². The van der Waals surface area contributed by atoms with Gasteiger partial charge < -0.3 is 0 Å². The number of hydrogen-bond acceptors (Lipinski definition) is 0. The van der Waals surface area contributed by atoms with Crippen LogP contribution in [0.2, 0.25) is 0 Å². The summed E-state index contributed by atoms with van der Waals surface area (Å²) in [6.07, 6.45) is 0. The lowest BCUT2D eigenvalue weighted by atomic mass is 9.89. The minimum atomic E-state index is -2.16. The molecule has 0 spiro atoms. The van der Waals surface area contributed by atoms with Crippen LogP contribution in [0.3, 0.4) is 0 Å². The van der Waals surface area contributed by atoms with Crippen molar-refractivity contribution in [3.05, 3.63) is 78.5 Å². The van der Waals surface area contributed by atoms with Gasteiger partial charge in [0, 0.05) is 0 Å². The summed E-state index contributed by atoms with van der Waals surface area (Å²) < 4.78 is 27.5. The molecule has 0 aromatic heterocycles. The molecule has 1 radical (unpaired) electrons. The van der Waals surface area contributed by atoms with E-state index in [9.17, 15) is 8.78 Å². The van der Waals surface area contributed by atoms with Gasteiger partial charge >= 0.3 is 0 Å². The second-order valence-corrected chi connectivity index (χ2v) is 3.55. The molecule has 0 aliphatic rings. The van der Waals surface area contributed by atoms with Crippen LogP contribution in [0.25, 0.3) is 0 Å². The fourth-order valence-corrected chi connectivity index (χ4v) is 1.65. The first-order chi connectivity index (χ1) is 7.77. The van der Waals surface area contributed by atoms with Crippen molar-refractivity contribution >= 4 is 0 Å². The molecule has 0 unspecified atom stereocenters. The highest BCUT2D eigenvalue weighted by Crippen LogP contribution is 2.36. The lowest BCUT2D eigenvalue weighted by molar-refractivity contribution is 0.219. The van der Waals surface area contributed by atoms with Gasteiger partial charge in [0.05, 0.1) is 0 Å². The van der Waals surface area contributed by atoms with Crippen LogP contribution in [0.4, 0.5) is 8.78 Å². The molecule has 0 aliphatic carbocycles. The molecule has 0 saturated heterocycles. The van der Waals surface area contributed by atoms with Gasteiger partial charge in [-0.05, 0) is 11.1 Å². The second-order valence-electron chi connectivity index (χ2n) is 3.55. The molecule has 81 valence electrons. The van der Waals surface area contributed by atoms with Crippen LogP contribution in [0, 0.1) is 6.67 Å². The lowest BCUT2D eigenvalue weighted by Gasteiger charge is -2.22. The minimum Gasteiger partial charge on any atom is -0.240 e. The third kappa shape index (κ3) is 1.83. The number of benzene rings is 2. The van der Waals surface area contributed by atoms with Crippen molar-refractivity contribution in [2.75, 3.05) is 0 Å². The molecule has 0 amide bonds. The normalized spacial score (nSPS) is 11.4. The molecule has 0 nitrogen and oxygen atoms in total. The van der Waals surface area contributed by atoms with Gasteiger partial charge in [0.2, 0.25) is 0 Å². The summed E-state index contributed by atoms with van der Waals surface area (Å²) in [6.45, 7) is 0.0949. The summed E-state index contributed by atoms with van der Waals surface area (Å²) in [5, 5.41) is 0. The number of hydrogen-bond donors (Lipinski definition) is 0. The Kier molecular flexibility index (Phi) is 3.00. The SMILES string of the molecule is F[CH]C(F)(c1ccccc1)c1ccccc1. The van der Waals surface area contributed by atoms with Gasteiger partial charge in [0.15, 0.2) is 12.3 Å². The van der Waals surface area contributed by atoms with Gasteiger partial charge in [-0.1, -0.05) is 60.7 Å². The molecule has 0 saturated carbocycles. The molecular formula is C14H11F2. The van der Waals surface area contributed by atoms with Gasteiger partial charge in [-0.25, -0.2) is 8.78 Å². The summed E-state index contributed by atoms with van der Waals surface area (Å²) in [7, 11) is 0. The van der Waals surface area contributed by atoms with E-state index in [2.05, 4.69) is 0 Å². The highest BCUT2D eigenvalue weighted by molar-refractivity contribution is 5.38. The molecule has 16 heavy (non-hydrogen) atoms. The van der Waals surface area contributed by atoms with E-state index in [4.69, 9.17) is 0 Å². The van der Waals surface area contributed by atoms with Crippen molar-refractivity contribution in [3.63, 3.8) is 0 Å². The Balaban J connectivity index is 2.49. The van der Waals surface area contributed by atoms with Crippen molar-refractivity contribution in [3.8, 4) is 0 Å². The van der Waals surface area contributed by atoms with Crippen molar-refractivity contribution < 1.29 is 8.78 Å². The first kappa shape index (κ1) is 10.8. The topological polar surface area (TPSA) is 0 Å². The molecular weight excluding hydrogens is 206 g/mol. The van der Waals surface area contributed by atoms with E-state index in [1.807, 2.05) is 0 Å². The Morgan fingerprint density at radius 3 is 1.44 bits per heavy atom. The predicted molar refractivity (Wildman–Crippen MR) is 60.2 cm³/mol. The van der Waals surface area contributed by atoms with E-state index in [0.717, 1.165) is 0 Å².